The summed E-state index contributed by atoms with van der Waals surface area (Å²) >= 11 is 12.2. The molecule has 1 rings (SSSR count). The van der Waals surface area contributed by atoms with E-state index in [4.69, 9.17) is 28.3 Å². The van der Waals surface area contributed by atoms with E-state index in [1.807, 2.05) is 0 Å². The molecule has 11 heteroatoms. The minimum atomic E-state index is -3.87. The van der Waals surface area contributed by atoms with Crippen LogP contribution in [-0.2, 0) is 20.0 Å². The molecule has 1 heterocycles. The summed E-state index contributed by atoms with van der Waals surface area (Å²) < 4.78 is 46.9. The van der Waals surface area contributed by atoms with Crippen molar-refractivity contribution in [2.24, 2.45) is 5.14 Å². The number of hydrogen-bond acceptors (Lipinski definition) is 5. The molecule has 0 aliphatic rings. The number of thiophene rings is 1. The predicted octanol–water partition coefficient (Wildman–Crippen LogP) is 0.622. The van der Waals surface area contributed by atoms with Crippen LogP contribution >= 0.6 is 34.5 Å². The third-order valence-electron chi connectivity index (χ3n) is 1.59. The average molecular weight is 339 g/mol. The zero-order chi connectivity index (χ0) is 13.3. The van der Waals surface area contributed by atoms with E-state index in [0.29, 0.717) is 0 Å². The fourth-order valence-electron chi connectivity index (χ4n) is 0.904. The molecular formula is C6H8Cl2N2O4S3. The second kappa shape index (κ2) is 5.39. The van der Waals surface area contributed by atoms with Gasteiger partial charge in [-0.05, 0) is 6.07 Å². The van der Waals surface area contributed by atoms with Gasteiger partial charge in [-0.2, -0.15) is 0 Å². The second-order valence-corrected chi connectivity index (χ2v) is 8.71. The Kier molecular flexibility index (Phi) is 4.81. The van der Waals surface area contributed by atoms with Crippen molar-refractivity contribution in [2.45, 2.75) is 4.90 Å². The van der Waals surface area contributed by atoms with Crippen LogP contribution in [0.2, 0.25) is 8.67 Å². The van der Waals surface area contributed by atoms with Gasteiger partial charge in [-0.15, -0.1) is 11.3 Å². The zero-order valence-corrected chi connectivity index (χ0v) is 12.1. The zero-order valence-electron chi connectivity index (χ0n) is 8.18. The Morgan fingerprint density at radius 2 is 1.88 bits per heavy atom. The standard InChI is InChI=1S/C6H8Cl2N2O4S3/c7-5-3-4(6(8)15-5)17(13,14)10-1-2-16(9,11)12/h3,10H,1-2H2,(H2,9,11,12). The van der Waals surface area contributed by atoms with Gasteiger partial charge >= 0.3 is 0 Å². The topological polar surface area (TPSA) is 106 Å². The van der Waals surface area contributed by atoms with Gasteiger partial charge in [-0.1, -0.05) is 23.2 Å². The first-order valence-electron chi connectivity index (χ1n) is 4.07. The maximum Gasteiger partial charge on any atom is 0.242 e. The molecule has 1 aromatic heterocycles. The number of nitrogens with one attached hydrogen (secondary N) is 1. The Balaban J connectivity index is 2.80. The number of halogens is 2. The van der Waals surface area contributed by atoms with E-state index in [2.05, 4.69) is 4.72 Å². The Morgan fingerprint density at radius 1 is 1.29 bits per heavy atom. The van der Waals surface area contributed by atoms with Gasteiger partial charge in [0.2, 0.25) is 20.0 Å². The summed E-state index contributed by atoms with van der Waals surface area (Å²) in [5, 5.41) is 4.73. The monoisotopic (exact) mass is 338 g/mol. The molecule has 0 amide bonds. The smallest absolute Gasteiger partial charge is 0.229 e. The summed E-state index contributed by atoms with van der Waals surface area (Å²) in [5.74, 6) is -0.498. The van der Waals surface area contributed by atoms with E-state index in [1.165, 1.54) is 6.07 Å². The van der Waals surface area contributed by atoms with Gasteiger partial charge in [0, 0.05) is 6.54 Å². The lowest BCUT2D eigenvalue weighted by Crippen LogP contribution is -2.31. The lowest BCUT2D eigenvalue weighted by Gasteiger charge is -2.04. The van der Waals surface area contributed by atoms with E-state index in [-0.39, 0.29) is 20.1 Å². The van der Waals surface area contributed by atoms with Crippen molar-refractivity contribution in [3.05, 3.63) is 14.7 Å². The fourth-order valence-corrected chi connectivity index (χ4v) is 4.60. The normalized spacial score (nSPS) is 12.9. The highest BCUT2D eigenvalue weighted by Gasteiger charge is 2.21. The van der Waals surface area contributed by atoms with Gasteiger partial charge in [0.1, 0.15) is 9.23 Å². The molecule has 0 radical (unpaired) electrons. The number of sulfonamides is 2. The molecule has 3 N–H and O–H groups in total. The third-order valence-corrected chi connectivity index (χ3v) is 5.58. The van der Waals surface area contributed by atoms with Crippen LogP contribution in [0, 0.1) is 0 Å². The lowest BCUT2D eigenvalue weighted by atomic mass is 10.7. The highest BCUT2D eigenvalue weighted by atomic mass is 35.5. The van der Waals surface area contributed by atoms with Crippen molar-refractivity contribution in [3.63, 3.8) is 0 Å². The van der Waals surface area contributed by atoms with Crippen LogP contribution < -0.4 is 9.86 Å². The fraction of sp³-hybridized carbons (Fsp3) is 0.333. The summed E-state index contributed by atoms with van der Waals surface area (Å²) in [6.45, 7) is -0.328. The minimum absolute atomic E-state index is 0.0121. The Morgan fingerprint density at radius 3 is 2.29 bits per heavy atom. The SMILES string of the molecule is NS(=O)(=O)CCNS(=O)(=O)c1cc(Cl)sc1Cl. The summed E-state index contributed by atoms with van der Waals surface area (Å²) in [7, 11) is -7.59. The third kappa shape index (κ3) is 4.70. The molecule has 0 atom stereocenters. The van der Waals surface area contributed by atoms with Crippen LogP contribution in [0.25, 0.3) is 0 Å². The van der Waals surface area contributed by atoms with E-state index < -0.39 is 25.8 Å². The van der Waals surface area contributed by atoms with E-state index in [1.54, 1.807) is 0 Å². The molecule has 0 saturated heterocycles. The highest BCUT2D eigenvalue weighted by Crippen LogP contribution is 2.33. The molecule has 98 valence electrons. The highest BCUT2D eigenvalue weighted by molar-refractivity contribution is 7.90. The molecule has 6 nitrogen and oxygen atoms in total. The predicted molar refractivity (Wildman–Crippen MR) is 67.5 cm³/mol. The maximum absolute atomic E-state index is 11.7. The molecule has 0 bridgehead atoms. The maximum atomic E-state index is 11.7. The number of hydrogen-bond donors (Lipinski definition) is 2. The average Bonchev–Trinajstić information content (AvgIpc) is 2.43. The van der Waals surface area contributed by atoms with Crippen LogP contribution in [0.3, 0.4) is 0 Å². The van der Waals surface area contributed by atoms with Crippen LogP contribution in [0.1, 0.15) is 0 Å². The first-order chi connectivity index (χ1) is 7.62. The Hall–Kier alpha value is 0.1000. The largest absolute Gasteiger partial charge is 0.242 e. The van der Waals surface area contributed by atoms with Crippen molar-refractivity contribution in [1.29, 1.82) is 0 Å². The Labute approximate surface area is 113 Å². The van der Waals surface area contributed by atoms with Gasteiger partial charge in [0.15, 0.2) is 0 Å². The lowest BCUT2D eigenvalue weighted by molar-refractivity contribution is 0.581. The quantitative estimate of drug-likeness (QED) is 0.820. The first-order valence-corrected chi connectivity index (χ1v) is 8.84. The van der Waals surface area contributed by atoms with Crippen molar-refractivity contribution in [3.8, 4) is 0 Å². The Bertz CT molecular complexity index is 607. The second-order valence-electron chi connectivity index (χ2n) is 2.95. The molecule has 17 heavy (non-hydrogen) atoms. The molecule has 0 saturated carbocycles. The summed E-state index contributed by atoms with van der Waals surface area (Å²) in [6, 6.07) is 1.19. The van der Waals surface area contributed by atoms with Crippen LogP contribution in [0.4, 0.5) is 0 Å². The molecular weight excluding hydrogens is 331 g/mol. The molecule has 0 aromatic carbocycles. The van der Waals surface area contributed by atoms with Crippen LogP contribution in [0.5, 0.6) is 0 Å². The van der Waals surface area contributed by atoms with Gasteiger partial charge in [0.05, 0.1) is 10.1 Å². The number of rotatable bonds is 5. The van der Waals surface area contributed by atoms with Crippen LogP contribution in [0.15, 0.2) is 11.0 Å². The molecule has 1 aromatic rings. The first kappa shape index (κ1) is 15.2. The number of primary sulfonamides is 1. The van der Waals surface area contributed by atoms with Crippen molar-refractivity contribution < 1.29 is 16.8 Å². The molecule has 0 aliphatic carbocycles. The van der Waals surface area contributed by atoms with E-state index in [0.717, 1.165) is 11.3 Å². The van der Waals surface area contributed by atoms with Gasteiger partial charge in [-0.3, -0.25) is 0 Å². The molecule has 0 fully saturated rings. The minimum Gasteiger partial charge on any atom is -0.229 e. The van der Waals surface area contributed by atoms with E-state index in [9.17, 15) is 16.8 Å². The van der Waals surface area contributed by atoms with Gasteiger partial charge in [-0.25, -0.2) is 26.7 Å². The summed E-state index contributed by atoms with van der Waals surface area (Å²) in [4.78, 5) is -0.177. The van der Waals surface area contributed by atoms with Crippen molar-refractivity contribution >= 4 is 54.6 Å². The summed E-state index contributed by atoms with van der Waals surface area (Å²) in [5.41, 5.74) is 0. The van der Waals surface area contributed by atoms with Gasteiger partial charge < -0.3 is 0 Å². The molecule has 0 spiro atoms. The van der Waals surface area contributed by atoms with Crippen molar-refractivity contribution in [1.82, 2.24) is 4.72 Å². The van der Waals surface area contributed by atoms with Crippen molar-refractivity contribution in [2.75, 3.05) is 12.3 Å². The molecule has 0 unspecified atom stereocenters. The van der Waals surface area contributed by atoms with Gasteiger partial charge in [0.25, 0.3) is 0 Å². The van der Waals surface area contributed by atoms with E-state index >= 15 is 0 Å². The van der Waals surface area contributed by atoms with Crippen LogP contribution in [-0.4, -0.2) is 29.1 Å². The number of nitrogens with two attached hydrogens (primary N) is 1. The molecule has 0 aliphatic heterocycles. The summed E-state index contributed by atoms with van der Waals surface area (Å²) in [6.07, 6.45) is 0.